The number of nitrogens with zero attached hydrogens (tertiary/aromatic N) is 2. The molecule has 0 spiro atoms. The van der Waals surface area contributed by atoms with Crippen LogP contribution in [0.1, 0.15) is 43.7 Å². The molecule has 236 valence electrons. The van der Waals surface area contributed by atoms with Gasteiger partial charge in [0.1, 0.15) is 11.6 Å². The molecule has 2 aliphatic heterocycles. The van der Waals surface area contributed by atoms with Crippen molar-refractivity contribution < 1.29 is 40.0 Å². The van der Waals surface area contributed by atoms with Crippen molar-refractivity contribution in [3.8, 4) is 0 Å². The fourth-order valence-electron chi connectivity index (χ4n) is 5.52. The van der Waals surface area contributed by atoms with Crippen molar-refractivity contribution in [2.45, 2.75) is 62.2 Å². The van der Waals surface area contributed by atoms with E-state index in [9.17, 15) is 40.0 Å². The summed E-state index contributed by atoms with van der Waals surface area (Å²) < 4.78 is 94.5. The first-order valence-electron chi connectivity index (χ1n) is 14.2. The Hall–Kier alpha value is -3.10. The third-order valence-corrected chi connectivity index (χ3v) is 9.60. The molecule has 2 aromatic carbocycles. The minimum Gasteiger partial charge on any atom is -0.353 e. The van der Waals surface area contributed by atoms with E-state index in [1.165, 1.54) is 4.31 Å². The van der Waals surface area contributed by atoms with E-state index < -0.39 is 51.4 Å². The van der Waals surface area contributed by atoms with Gasteiger partial charge in [0.25, 0.3) is 0 Å². The second kappa shape index (κ2) is 13.7. The maximum absolute atomic E-state index is 13.9. The lowest BCUT2D eigenvalue weighted by atomic mass is 9.97. The molecule has 14 heteroatoms. The largest absolute Gasteiger partial charge is 0.416 e. The molecule has 2 saturated heterocycles. The first kappa shape index (κ1) is 32.8. The van der Waals surface area contributed by atoms with Gasteiger partial charge in [-0.15, -0.1) is 0 Å². The van der Waals surface area contributed by atoms with Crippen molar-refractivity contribution in [1.29, 1.82) is 0 Å². The highest BCUT2D eigenvalue weighted by Crippen LogP contribution is 2.30. The van der Waals surface area contributed by atoms with Crippen molar-refractivity contribution in [2.24, 2.45) is 5.92 Å². The highest BCUT2D eigenvalue weighted by Gasteiger charge is 2.37. The Morgan fingerprint density at radius 3 is 2.40 bits per heavy atom. The summed E-state index contributed by atoms with van der Waals surface area (Å²) in [5, 5.41) is 6.12. The minimum absolute atomic E-state index is 0.0417. The molecule has 2 amide bonds. The van der Waals surface area contributed by atoms with E-state index in [4.69, 9.17) is 0 Å². The van der Waals surface area contributed by atoms with Crippen LogP contribution in [0.3, 0.4) is 0 Å². The molecular formula is C29H35F5N4O4S. The van der Waals surface area contributed by atoms with Crippen LogP contribution in [-0.4, -0.2) is 74.2 Å². The Labute approximate surface area is 247 Å². The van der Waals surface area contributed by atoms with Crippen molar-refractivity contribution >= 4 is 21.8 Å². The molecule has 0 aliphatic carbocycles. The monoisotopic (exact) mass is 630 g/mol. The van der Waals surface area contributed by atoms with Gasteiger partial charge in [0.15, 0.2) is 0 Å². The molecule has 2 aromatic rings. The molecule has 43 heavy (non-hydrogen) atoms. The van der Waals surface area contributed by atoms with Crippen LogP contribution >= 0.6 is 0 Å². The van der Waals surface area contributed by atoms with E-state index in [2.05, 4.69) is 10.6 Å². The van der Waals surface area contributed by atoms with Crippen molar-refractivity contribution in [2.75, 3.05) is 32.7 Å². The minimum atomic E-state index is -4.61. The molecule has 0 bridgehead atoms. The van der Waals surface area contributed by atoms with Crippen molar-refractivity contribution in [3.63, 3.8) is 0 Å². The smallest absolute Gasteiger partial charge is 0.353 e. The predicted molar refractivity (Wildman–Crippen MR) is 148 cm³/mol. The Balaban J connectivity index is 1.48. The number of carbonyl (C=O) groups excluding carboxylic acids is 2. The van der Waals surface area contributed by atoms with E-state index >= 15 is 0 Å². The Kier molecular flexibility index (Phi) is 10.4. The molecule has 0 aromatic heterocycles. The van der Waals surface area contributed by atoms with Gasteiger partial charge >= 0.3 is 6.18 Å². The zero-order valence-corrected chi connectivity index (χ0v) is 24.5. The van der Waals surface area contributed by atoms with Crippen LogP contribution in [0.4, 0.5) is 22.0 Å². The summed E-state index contributed by atoms with van der Waals surface area (Å²) in [6.45, 7) is 3.10. The van der Waals surface area contributed by atoms with E-state index in [-0.39, 0.29) is 62.2 Å². The first-order valence-corrected chi connectivity index (χ1v) is 15.6. The number of alkyl halides is 3. The lowest BCUT2D eigenvalue weighted by Gasteiger charge is -2.35. The number of benzene rings is 2. The number of piperazine rings is 1. The van der Waals surface area contributed by atoms with Crippen LogP contribution in [0, 0.1) is 17.6 Å². The molecule has 8 nitrogen and oxygen atoms in total. The Morgan fingerprint density at radius 2 is 1.77 bits per heavy atom. The van der Waals surface area contributed by atoms with E-state index in [0.29, 0.717) is 24.2 Å². The molecule has 2 unspecified atom stereocenters. The predicted octanol–water partition coefficient (Wildman–Crippen LogP) is 3.71. The van der Waals surface area contributed by atoms with Gasteiger partial charge in [-0.25, -0.2) is 17.2 Å². The molecule has 2 N–H and O–H groups in total. The van der Waals surface area contributed by atoms with Gasteiger partial charge in [-0.2, -0.15) is 17.5 Å². The topological polar surface area (TPSA) is 98.8 Å². The van der Waals surface area contributed by atoms with Gasteiger partial charge in [0.2, 0.25) is 21.8 Å². The molecule has 4 rings (SSSR count). The molecule has 3 atom stereocenters. The number of rotatable bonds is 11. The second-order valence-electron chi connectivity index (χ2n) is 11.1. The lowest BCUT2D eigenvalue weighted by molar-refractivity contribution is -0.137. The second-order valence-corrected chi connectivity index (χ2v) is 13.0. The number of hydrogen-bond donors (Lipinski definition) is 2. The number of sulfonamides is 1. The normalized spacial score (nSPS) is 20.8. The van der Waals surface area contributed by atoms with Crippen LogP contribution in [0.5, 0.6) is 0 Å². The molecular weight excluding hydrogens is 595 g/mol. The van der Waals surface area contributed by atoms with Gasteiger partial charge in [-0.05, 0) is 61.2 Å². The summed E-state index contributed by atoms with van der Waals surface area (Å²) in [4.78, 5) is 27.0. The third kappa shape index (κ3) is 8.51. The zero-order valence-electron chi connectivity index (χ0n) is 23.7. The third-order valence-electron chi connectivity index (χ3n) is 7.72. The molecule has 0 radical (unpaired) electrons. The van der Waals surface area contributed by atoms with Crippen LogP contribution in [0.25, 0.3) is 0 Å². The highest BCUT2D eigenvalue weighted by molar-refractivity contribution is 7.89. The Bertz CT molecular complexity index is 1380. The summed E-state index contributed by atoms with van der Waals surface area (Å²) in [6, 6.07) is 5.16. The standard InChI is InChI=1S/C29H35F5N4O4S/c1-2-3-9-37-17-20(14-27(37)39)28(40)36-24(13-19-11-22(30)15-23(31)12-19)16-25-18-38(10-8-35-25)43(41,42)26-6-4-21(5-7-26)29(32,33)34/h4-7,11-12,15,20,24-25,35H,2-3,8-10,13-14,16-18H2,1H3,(H,36,40)/t20?,24?,25-/m0/s1. The summed E-state index contributed by atoms with van der Waals surface area (Å²) in [6.07, 6.45) is -2.61. The van der Waals surface area contributed by atoms with Crippen molar-refractivity contribution in [1.82, 2.24) is 19.8 Å². The highest BCUT2D eigenvalue weighted by atomic mass is 32.2. The van der Waals surface area contributed by atoms with Gasteiger partial charge in [0.05, 0.1) is 16.4 Å². The number of hydrogen-bond acceptors (Lipinski definition) is 5. The summed E-state index contributed by atoms with van der Waals surface area (Å²) >= 11 is 0. The van der Waals surface area contributed by atoms with E-state index in [1.807, 2.05) is 6.92 Å². The molecule has 2 aliphatic rings. The summed E-state index contributed by atoms with van der Waals surface area (Å²) in [7, 11) is -4.12. The van der Waals surface area contributed by atoms with Gasteiger partial charge in [0, 0.05) is 57.3 Å². The van der Waals surface area contributed by atoms with E-state index in [0.717, 1.165) is 43.2 Å². The molecule has 0 saturated carbocycles. The number of unbranched alkanes of at least 4 members (excludes halogenated alkanes) is 1. The average Bonchev–Trinajstić information content (AvgIpc) is 3.31. The van der Waals surface area contributed by atoms with Crippen LogP contribution < -0.4 is 10.6 Å². The number of nitrogens with one attached hydrogen (secondary N) is 2. The molecule has 2 fully saturated rings. The fourth-order valence-corrected chi connectivity index (χ4v) is 7.00. The number of amides is 2. The maximum Gasteiger partial charge on any atom is 0.416 e. The summed E-state index contributed by atoms with van der Waals surface area (Å²) in [5.74, 6) is -2.64. The van der Waals surface area contributed by atoms with E-state index in [1.54, 1.807) is 4.90 Å². The van der Waals surface area contributed by atoms with Gasteiger partial charge in [-0.3, -0.25) is 9.59 Å². The van der Waals surface area contributed by atoms with Crippen molar-refractivity contribution in [3.05, 3.63) is 65.2 Å². The number of carbonyl (C=O) groups is 2. The summed E-state index contributed by atoms with van der Waals surface area (Å²) in [5.41, 5.74) is -0.672. The quantitative estimate of drug-likeness (QED) is 0.369. The average molecular weight is 631 g/mol. The Morgan fingerprint density at radius 1 is 1.09 bits per heavy atom. The zero-order chi connectivity index (χ0) is 31.4. The van der Waals surface area contributed by atoms with Gasteiger partial charge in [-0.1, -0.05) is 13.3 Å². The fraction of sp³-hybridized carbons (Fsp3) is 0.517. The first-order chi connectivity index (χ1) is 20.3. The van der Waals surface area contributed by atoms with Crippen LogP contribution in [0.15, 0.2) is 47.4 Å². The molecule has 2 heterocycles. The number of likely N-dealkylation sites (tertiary alicyclic amines) is 1. The SMILES string of the molecule is CCCCN1CC(C(=O)NC(Cc2cc(F)cc(F)c2)C[C@H]2CN(S(=O)(=O)c3ccc(C(F)(F)F)cc3)CCN2)CC1=O. The lowest BCUT2D eigenvalue weighted by Crippen LogP contribution is -2.55. The van der Waals surface area contributed by atoms with Crippen LogP contribution in [0.2, 0.25) is 0 Å². The maximum atomic E-state index is 13.9. The number of halogens is 5. The van der Waals surface area contributed by atoms with Crippen LogP contribution in [-0.2, 0) is 32.2 Å². The van der Waals surface area contributed by atoms with Gasteiger partial charge < -0.3 is 15.5 Å².